The molecule has 3 heteroatoms. The van der Waals surface area contributed by atoms with Gasteiger partial charge in [-0.25, -0.2) is 0 Å². The van der Waals surface area contributed by atoms with E-state index in [1.165, 1.54) is 10.5 Å². The molecule has 0 saturated heterocycles. The zero-order valence-corrected chi connectivity index (χ0v) is 11.5. The maximum Gasteiger partial charge on any atom is 0.0430 e. The van der Waals surface area contributed by atoms with E-state index in [1.54, 1.807) is 24.1 Å². The van der Waals surface area contributed by atoms with Gasteiger partial charge in [0.1, 0.15) is 0 Å². The van der Waals surface area contributed by atoms with Crippen molar-refractivity contribution in [3.05, 3.63) is 66.8 Å². The molecular weight excluding hydrogens is 240 g/mol. The number of rotatable bonds is 7. The molecule has 1 unspecified atom stereocenters. The van der Waals surface area contributed by atoms with Crippen molar-refractivity contribution >= 4 is 11.9 Å². The number of nitrogens with one attached hydrogen (secondary N) is 1. The van der Waals surface area contributed by atoms with E-state index < -0.39 is 0 Å². The van der Waals surface area contributed by atoms with E-state index in [0.717, 1.165) is 5.57 Å². The Labute approximate surface area is 114 Å². The smallest absolute Gasteiger partial charge is 0.0430 e. The van der Waals surface area contributed by atoms with E-state index in [0.29, 0.717) is 6.54 Å². The van der Waals surface area contributed by atoms with Crippen LogP contribution < -0.4 is 10.5 Å². The van der Waals surface area contributed by atoms with Crippen LogP contribution in [0.4, 0.5) is 0 Å². The minimum Gasteiger partial charge on any atom is -0.323 e. The molecule has 18 heavy (non-hydrogen) atoms. The average Bonchev–Trinajstić information content (AvgIpc) is 2.38. The van der Waals surface area contributed by atoms with Gasteiger partial charge in [0.05, 0.1) is 0 Å². The summed E-state index contributed by atoms with van der Waals surface area (Å²) in [6, 6.07) is 8.30. The highest BCUT2D eigenvalue weighted by Crippen LogP contribution is 2.15. The summed E-state index contributed by atoms with van der Waals surface area (Å²) in [6.07, 6.45) is 5.38. The molecule has 3 N–H and O–H groups in total. The van der Waals surface area contributed by atoms with Crippen LogP contribution >= 0.6 is 11.9 Å². The van der Waals surface area contributed by atoms with Crippen molar-refractivity contribution in [2.45, 2.75) is 17.9 Å². The van der Waals surface area contributed by atoms with Crippen LogP contribution in [-0.4, -0.2) is 12.6 Å². The highest BCUT2D eigenvalue weighted by Gasteiger charge is 2.05. The van der Waals surface area contributed by atoms with E-state index >= 15 is 0 Å². The van der Waals surface area contributed by atoms with Gasteiger partial charge in [-0.2, -0.15) is 0 Å². The van der Waals surface area contributed by atoms with Gasteiger partial charge in [0.2, 0.25) is 0 Å². The van der Waals surface area contributed by atoms with Crippen LogP contribution in [0.3, 0.4) is 0 Å². The van der Waals surface area contributed by atoms with Gasteiger partial charge in [-0.05, 0) is 36.6 Å². The summed E-state index contributed by atoms with van der Waals surface area (Å²) in [4.78, 5) is 1.18. The van der Waals surface area contributed by atoms with Crippen LogP contribution in [0, 0.1) is 6.92 Å². The van der Waals surface area contributed by atoms with Crippen LogP contribution in [0.2, 0.25) is 0 Å². The average molecular weight is 260 g/mol. The van der Waals surface area contributed by atoms with Crippen LogP contribution in [0.1, 0.15) is 5.56 Å². The number of benzene rings is 1. The largest absolute Gasteiger partial charge is 0.323 e. The molecule has 2 nitrogen and oxygen atoms in total. The number of hydrogen-bond donors (Lipinski definition) is 2. The first kappa shape index (κ1) is 14.8. The minimum absolute atomic E-state index is 0.0709. The van der Waals surface area contributed by atoms with Gasteiger partial charge in [0.25, 0.3) is 0 Å². The zero-order valence-electron chi connectivity index (χ0n) is 10.7. The molecular formula is C15H20N2S. The summed E-state index contributed by atoms with van der Waals surface area (Å²) < 4.78 is 3.26. The van der Waals surface area contributed by atoms with Crippen molar-refractivity contribution in [1.82, 2.24) is 4.72 Å². The number of nitrogens with two attached hydrogens (primary N) is 1. The molecule has 0 heterocycles. The van der Waals surface area contributed by atoms with Crippen LogP contribution in [0.25, 0.3) is 0 Å². The fourth-order valence-corrected chi connectivity index (χ4v) is 2.12. The lowest BCUT2D eigenvalue weighted by molar-refractivity contribution is 0.762. The monoisotopic (exact) mass is 260 g/mol. The lowest BCUT2D eigenvalue weighted by Crippen LogP contribution is -2.32. The second-order valence-electron chi connectivity index (χ2n) is 3.98. The molecule has 0 aliphatic rings. The number of hydrogen-bond acceptors (Lipinski definition) is 3. The number of allylic oxidation sites excluding steroid dienone is 2. The maximum absolute atomic E-state index is 6.04. The van der Waals surface area contributed by atoms with Gasteiger partial charge in [0.15, 0.2) is 0 Å². The summed E-state index contributed by atoms with van der Waals surface area (Å²) in [5.74, 6) is 0. The van der Waals surface area contributed by atoms with Crippen LogP contribution in [-0.2, 0) is 0 Å². The third kappa shape index (κ3) is 4.92. The third-order valence-corrected chi connectivity index (χ3v) is 3.31. The molecule has 1 rings (SSSR count). The van der Waals surface area contributed by atoms with Gasteiger partial charge in [0, 0.05) is 17.5 Å². The Bertz CT molecular complexity index is 421. The van der Waals surface area contributed by atoms with Crippen molar-refractivity contribution in [3.8, 4) is 0 Å². The van der Waals surface area contributed by atoms with Crippen LogP contribution in [0.5, 0.6) is 0 Å². The topological polar surface area (TPSA) is 38.0 Å². The summed E-state index contributed by atoms with van der Waals surface area (Å²) in [6.45, 7) is 10.2. The molecule has 0 bridgehead atoms. The molecule has 0 aliphatic heterocycles. The first-order valence-corrected chi connectivity index (χ1v) is 6.66. The van der Waals surface area contributed by atoms with E-state index in [9.17, 15) is 0 Å². The van der Waals surface area contributed by atoms with Crippen molar-refractivity contribution in [2.24, 2.45) is 5.73 Å². The predicted molar refractivity (Wildman–Crippen MR) is 81.5 cm³/mol. The Balaban J connectivity index is 2.41. The first-order valence-electron chi connectivity index (χ1n) is 5.84. The van der Waals surface area contributed by atoms with Gasteiger partial charge in [-0.3, -0.25) is 4.72 Å². The lowest BCUT2D eigenvalue weighted by Gasteiger charge is -2.13. The van der Waals surface area contributed by atoms with E-state index in [2.05, 4.69) is 49.1 Å². The Morgan fingerprint density at radius 3 is 2.61 bits per heavy atom. The van der Waals surface area contributed by atoms with Crippen molar-refractivity contribution in [3.63, 3.8) is 0 Å². The summed E-state index contributed by atoms with van der Waals surface area (Å²) in [5.41, 5.74) is 8.29. The second-order valence-corrected chi connectivity index (χ2v) is 4.94. The van der Waals surface area contributed by atoms with E-state index in [1.807, 2.05) is 6.08 Å². The van der Waals surface area contributed by atoms with Gasteiger partial charge in [-0.1, -0.05) is 49.1 Å². The molecule has 0 fully saturated rings. The molecule has 0 aliphatic carbocycles. The molecule has 0 amide bonds. The zero-order chi connectivity index (χ0) is 13.4. The Morgan fingerprint density at radius 1 is 1.39 bits per heavy atom. The predicted octanol–water partition coefficient (Wildman–Crippen LogP) is 3.22. The van der Waals surface area contributed by atoms with Crippen LogP contribution in [0.15, 0.2) is 66.1 Å². The standard InChI is InChI=1S/C15H20N2S/c1-4-6-13(5-2)15(16)11-17-18-14-9-7-12(3)8-10-14/h4-10,15,17H,1-2,11,16H2,3H3/b13-6+. The van der Waals surface area contributed by atoms with Crippen molar-refractivity contribution in [2.75, 3.05) is 6.54 Å². The van der Waals surface area contributed by atoms with Gasteiger partial charge < -0.3 is 5.73 Å². The normalized spacial score (nSPS) is 13.1. The first-order chi connectivity index (χ1) is 8.67. The molecule has 0 radical (unpaired) electrons. The summed E-state index contributed by atoms with van der Waals surface area (Å²) in [7, 11) is 0. The number of aryl methyl sites for hydroxylation is 1. The fraction of sp³-hybridized carbons (Fsp3) is 0.200. The molecule has 0 spiro atoms. The Kier molecular flexibility index (Phi) is 6.50. The fourth-order valence-electron chi connectivity index (χ4n) is 1.42. The molecule has 0 saturated carbocycles. The molecule has 1 atom stereocenters. The van der Waals surface area contributed by atoms with E-state index in [-0.39, 0.29) is 6.04 Å². The minimum atomic E-state index is -0.0709. The maximum atomic E-state index is 6.04. The van der Waals surface area contributed by atoms with Gasteiger partial charge >= 0.3 is 0 Å². The van der Waals surface area contributed by atoms with Gasteiger partial charge in [-0.15, -0.1) is 0 Å². The molecule has 1 aromatic carbocycles. The third-order valence-electron chi connectivity index (χ3n) is 2.49. The molecule has 1 aromatic rings. The summed E-state index contributed by atoms with van der Waals surface area (Å²) in [5, 5.41) is 0. The molecule has 96 valence electrons. The summed E-state index contributed by atoms with van der Waals surface area (Å²) >= 11 is 1.59. The molecule has 0 aromatic heterocycles. The highest BCUT2D eigenvalue weighted by molar-refractivity contribution is 7.97. The second kappa shape index (κ2) is 7.93. The Morgan fingerprint density at radius 2 is 2.06 bits per heavy atom. The highest BCUT2D eigenvalue weighted by atomic mass is 32.2. The van der Waals surface area contributed by atoms with E-state index in [4.69, 9.17) is 5.73 Å². The Hall–Kier alpha value is -1.29. The van der Waals surface area contributed by atoms with Crippen molar-refractivity contribution in [1.29, 1.82) is 0 Å². The van der Waals surface area contributed by atoms with Crippen molar-refractivity contribution < 1.29 is 0 Å². The SMILES string of the molecule is C=C/C=C(\C=C)C(N)CNSc1ccc(C)cc1. The quantitative estimate of drug-likeness (QED) is 0.584. The lowest BCUT2D eigenvalue weighted by atomic mass is 10.1.